The van der Waals surface area contributed by atoms with Gasteiger partial charge in [0.05, 0.1) is 11.4 Å². The van der Waals surface area contributed by atoms with Crippen LogP contribution in [0.5, 0.6) is 0 Å². The van der Waals surface area contributed by atoms with Crippen molar-refractivity contribution in [2.45, 2.75) is 38.8 Å². The van der Waals surface area contributed by atoms with Crippen molar-refractivity contribution in [2.75, 3.05) is 19.7 Å². The molecule has 1 aromatic carbocycles. The van der Waals surface area contributed by atoms with Crippen LogP contribution in [-0.2, 0) is 16.0 Å². The lowest BCUT2D eigenvalue weighted by atomic mass is 9.92. The molecule has 4 rings (SSSR count). The molecule has 138 valence electrons. The molecule has 2 aliphatic rings. The standard InChI is InChI=1S/C19H22FN3O3/c1-13-17(14(2)23(21-13)16-5-3-15(20)4-6-16)11-22-9-7-19(8-10-22)12-25-18(24)26-19/h3-6H,7-12H2,1-2H3. The number of ether oxygens (including phenoxy) is 2. The maximum absolute atomic E-state index is 13.2. The Labute approximate surface area is 151 Å². The Kier molecular flexibility index (Phi) is 4.19. The number of aromatic nitrogens is 2. The van der Waals surface area contributed by atoms with Crippen molar-refractivity contribution in [1.82, 2.24) is 14.7 Å². The van der Waals surface area contributed by atoms with E-state index in [0.717, 1.165) is 49.6 Å². The van der Waals surface area contributed by atoms with Gasteiger partial charge in [-0.1, -0.05) is 0 Å². The highest BCUT2D eigenvalue weighted by molar-refractivity contribution is 5.62. The summed E-state index contributed by atoms with van der Waals surface area (Å²) in [5.41, 5.74) is 3.64. The molecule has 2 aromatic rings. The second-order valence-corrected chi connectivity index (χ2v) is 7.14. The Balaban J connectivity index is 1.47. The number of cyclic esters (lactones) is 1. The normalized spacial score (nSPS) is 19.6. The van der Waals surface area contributed by atoms with Crippen LogP contribution in [0.2, 0.25) is 0 Å². The van der Waals surface area contributed by atoms with Crippen LogP contribution in [0, 0.1) is 19.7 Å². The molecule has 0 bridgehead atoms. The third-order valence-electron chi connectivity index (χ3n) is 5.41. The molecule has 7 heteroatoms. The van der Waals surface area contributed by atoms with E-state index in [1.165, 1.54) is 17.7 Å². The summed E-state index contributed by atoms with van der Waals surface area (Å²) in [6.45, 7) is 6.88. The zero-order valence-corrected chi connectivity index (χ0v) is 15.0. The summed E-state index contributed by atoms with van der Waals surface area (Å²) in [6.07, 6.45) is 1.01. The van der Waals surface area contributed by atoms with E-state index >= 15 is 0 Å². The number of nitrogens with zero attached hydrogens (tertiary/aromatic N) is 3. The molecule has 1 spiro atoms. The van der Waals surface area contributed by atoms with Crippen LogP contribution in [0.1, 0.15) is 29.8 Å². The lowest BCUT2D eigenvalue weighted by molar-refractivity contribution is -0.00169. The second-order valence-electron chi connectivity index (χ2n) is 7.14. The Morgan fingerprint density at radius 3 is 2.50 bits per heavy atom. The van der Waals surface area contributed by atoms with Gasteiger partial charge in [0.25, 0.3) is 0 Å². The topological polar surface area (TPSA) is 56.6 Å². The smallest absolute Gasteiger partial charge is 0.430 e. The predicted molar refractivity (Wildman–Crippen MR) is 92.7 cm³/mol. The van der Waals surface area contributed by atoms with Crippen LogP contribution < -0.4 is 0 Å². The molecular weight excluding hydrogens is 337 g/mol. The first-order valence-electron chi connectivity index (χ1n) is 8.85. The third-order valence-corrected chi connectivity index (χ3v) is 5.41. The molecule has 0 radical (unpaired) electrons. The minimum absolute atomic E-state index is 0.255. The van der Waals surface area contributed by atoms with E-state index in [9.17, 15) is 9.18 Å². The van der Waals surface area contributed by atoms with Gasteiger partial charge in [0.2, 0.25) is 0 Å². The van der Waals surface area contributed by atoms with Gasteiger partial charge < -0.3 is 9.47 Å². The average molecular weight is 359 g/mol. The van der Waals surface area contributed by atoms with Gasteiger partial charge in [-0.05, 0) is 38.1 Å². The molecule has 0 aliphatic carbocycles. The molecule has 3 heterocycles. The summed E-state index contributed by atoms with van der Waals surface area (Å²) >= 11 is 0. The highest BCUT2D eigenvalue weighted by Crippen LogP contribution is 2.32. The first-order valence-corrected chi connectivity index (χ1v) is 8.85. The third kappa shape index (κ3) is 3.07. The van der Waals surface area contributed by atoms with Crippen molar-refractivity contribution < 1.29 is 18.7 Å². The monoisotopic (exact) mass is 359 g/mol. The van der Waals surface area contributed by atoms with E-state index in [0.29, 0.717) is 6.61 Å². The summed E-state index contributed by atoms with van der Waals surface area (Å²) in [7, 11) is 0. The van der Waals surface area contributed by atoms with E-state index in [4.69, 9.17) is 9.47 Å². The van der Waals surface area contributed by atoms with Gasteiger partial charge in [0, 0.05) is 43.7 Å². The number of hydrogen-bond donors (Lipinski definition) is 0. The van der Waals surface area contributed by atoms with Crippen LogP contribution in [0.15, 0.2) is 24.3 Å². The molecule has 1 aromatic heterocycles. The van der Waals surface area contributed by atoms with Gasteiger partial charge in [0.15, 0.2) is 5.60 Å². The van der Waals surface area contributed by atoms with Crippen molar-refractivity contribution in [1.29, 1.82) is 0 Å². The van der Waals surface area contributed by atoms with Gasteiger partial charge in [-0.25, -0.2) is 13.9 Å². The molecule has 0 unspecified atom stereocenters. The zero-order valence-electron chi connectivity index (χ0n) is 15.0. The van der Waals surface area contributed by atoms with Gasteiger partial charge >= 0.3 is 6.16 Å². The number of hydrogen-bond acceptors (Lipinski definition) is 5. The van der Waals surface area contributed by atoms with Gasteiger partial charge in [-0.15, -0.1) is 0 Å². The maximum Gasteiger partial charge on any atom is 0.509 e. The Morgan fingerprint density at radius 1 is 1.19 bits per heavy atom. The number of carbonyl (C=O) groups is 1. The second kappa shape index (κ2) is 6.39. The predicted octanol–water partition coefficient (Wildman–Crippen LogP) is 3.13. The molecule has 6 nitrogen and oxygen atoms in total. The highest BCUT2D eigenvalue weighted by atomic mass is 19.1. The Morgan fingerprint density at radius 2 is 1.88 bits per heavy atom. The fraction of sp³-hybridized carbons (Fsp3) is 0.474. The minimum atomic E-state index is -0.550. The quantitative estimate of drug-likeness (QED) is 0.788. The maximum atomic E-state index is 13.2. The van der Waals surface area contributed by atoms with E-state index in [1.54, 1.807) is 12.1 Å². The molecule has 26 heavy (non-hydrogen) atoms. The van der Waals surface area contributed by atoms with Gasteiger partial charge in [-0.2, -0.15) is 5.10 Å². The van der Waals surface area contributed by atoms with Crippen molar-refractivity contribution in [3.05, 3.63) is 47.0 Å². The SMILES string of the molecule is Cc1nn(-c2ccc(F)cc2)c(C)c1CN1CCC2(CC1)COC(=O)O2. The van der Waals surface area contributed by atoms with E-state index < -0.39 is 11.8 Å². The fourth-order valence-electron chi connectivity index (χ4n) is 3.75. The first-order chi connectivity index (χ1) is 12.5. The lowest BCUT2D eigenvalue weighted by Crippen LogP contribution is -2.45. The summed E-state index contributed by atoms with van der Waals surface area (Å²) in [6, 6.07) is 6.36. The number of rotatable bonds is 3. The first kappa shape index (κ1) is 17.0. The molecule has 2 aliphatic heterocycles. The molecule has 0 N–H and O–H groups in total. The number of likely N-dealkylation sites (tertiary alicyclic amines) is 1. The van der Waals surface area contributed by atoms with Crippen LogP contribution >= 0.6 is 0 Å². The molecule has 2 saturated heterocycles. The molecule has 0 amide bonds. The Hall–Kier alpha value is -2.41. The van der Waals surface area contributed by atoms with Crippen LogP contribution in [-0.4, -0.2) is 46.1 Å². The average Bonchev–Trinajstić information content (AvgIpc) is 3.12. The van der Waals surface area contributed by atoms with Gasteiger partial charge in [-0.3, -0.25) is 4.90 Å². The van der Waals surface area contributed by atoms with Crippen LogP contribution in [0.3, 0.4) is 0 Å². The summed E-state index contributed by atoms with van der Waals surface area (Å²) < 4.78 is 25.4. The number of halogens is 1. The van der Waals surface area contributed by atoms with E-state index in [2.05, 4.69) is 10.00 Å². The lowest BCUT2D eigenvalue weighted by Gasteiger charge is -2.36. The molecule has 0 atom stereocenters. The fourth-order valence-corrected chi connectivity index (χ4v) is 3.75. The minimum Gasteiger partial charge on any atom is -0.430 e. The summed E-state index contributed by atoms with van der Waals surface area (Å²) in [4.78, 5) is 13.6. The van der Waals surface area contributed by atoms with Crippen LogP contribution in [0.25, 0.3) is 5.69 Å². The number of carbonyl (C=O) groups excluding carboxylic acids is 1. The van der Waals surface area contributed by atoms with Gasteiger partial charge in [0.1, 0.15) is 12.4 Å². The summed E-state index contributed by atoms with van der Waals surface area (Å²) in [5, 5.41) is 4.63. The molecule has 0 saturated carbocycles. The van der Waals surface area contributed by atoms with Crippen LogP contribution in [0.4, 0.5) is 9.18 Å². The van der Waals surface area contributed by atoms with E-state index in [1.807, 2.05) is 18.5 Å². The van der Waals surface area contributed by atoms with Crippen molar-refractivity contribution in [3.8, 4) is 5.69 Å². The van der Waals surface area contributed by atoms with E-state index in [-0.39, 0.29) is 5.82 Å². The highest BCUT2D eigenvalue weighted by Gasteiger charge is 2.44. The largest absolute Gasteiger partial charge is 0.509 e. The summed E-state index contributed by atoms with van der Waals surface area (Å²) in [5.74, 6) is -0.255. The molecular formula is C19H22FN3O3. The number of piperidine rings is 1. The van der Waals surface area contributed by atoms with Crippen molar-refractivity contribution in [2.24, 2.45) is 0 Å². The number of benzene rings is 1. The molecule has 2 fully saturated rings. The van der Waals surface area contributed by atoms with Crippen molar-refractivity contribution in [3.63, 3.8) is 0 Å². The Bertz CT molecular complexity index is 823. The number of aryl methyl sites for hydroxylation is 1. The zero-order chi connectivity index (χ0) is 18.3. The van der Waals surface area contributed by atoms with Crippen molar-refractivity contribution >= 4 is 6.16 Å².